The molecule has 0 aromatic carbocycles. The molecule has 2 saturated heterocycles. The highest BCUT2D eigenvalue weighted by Gasteiger charge is 2.39. The number of carbonyl (C=O) groups excluding carboxylic acids is 1. The summed E-state index contributed by atoms with van der Waals surface area (Å²) < 4.78 is 5.26. The Bertz CT molecular complexity index is 616. The van der Waals surface area contributed by atoms with Crippen LogP contribution in [0.25, 0.3) is 0 Å². The Balaban J connectivity index is 1.46. The van der Waals surface area contributed by atoms with Crippen LogP contribution in [-0.2, 0) is 11.2 Å². The van der Waals surface area contributed by atoms with Crippen molar-refractivity contribution >= 4 is 5.91 Å². The fourth-order valence-corrected chi connectivity index (χ4v) is 4.36. The first-order valence-electron chi connectivity index (χ1n) is 11.0. The van der Waals surface area contributed by atoms with Gasteiger partial charge in [0.25, 0.3) is 0 Å². The number of amides is 1. The molecule has 0 spiro atoms. The minimum atomic E-state index is 0.138. The van der Waals surface area contributed by atoms with E-state index in [0.717, 1.165) is 44.7 Å². The van der Waals surface area contributed by atoms with Crippen LogP contribution in [0.1, 0.15) is 76.4 Å². The Morgan fingerprint density at radius 3 is 2.54 bits per heavy atom. The lowest BCUT2D eigenvalue weighted by Gasteiger charge is -2.50. The molecule has 3 rings (SSSR count). The molecule has 1 aromatic rings. The molecule has 0 atom stereocenters. The Hall–Kier alpha value is -1.47. The predicted molar refractivity (Wildman–Crippen MR) is 109 cm³/mol. The molecule has 0 radical (unpaired) electrons. The lowest BCUT2D eigenvalue weighted by molar-refractivity contribution is -0.122. The summed E-state index contributed by atoms with van der Waals surface area (Å²) in [4.78, 5) is 21.9. The molecule has 1 amide bonds. The Morgan fingerprint density at radius 1 is 1.18 bits per heavy atom. The molecule has 1 aromatic heterocycles. The molecule has 2 aliphatic heterocycles. The number of hydrogen-bond donors (Lipinski definition) is 1. The minimum Gasteiger partial charge on any atom is -0.354 e. The standard InChI is InChI=1S/C21H37N5O2/c1-17(2)20-23-19(28-24-20)9-7-8-18(27)22-16-21(10-14-25(3)15-11-21)26-12-5-4-6-13-26/h17H,4-16H2,1-3H3,(H,22,27). The van der Waals surface area contributed by atoms with E-state index in [-0.39, 0.29) is 17.4 Å². The van der Waals surface area contributed by atoms with Gasteiger partial charge in [0.15, 0.2) is 5.82 Å². The fraction of sp³-hybridized carbons (Fsp3) is 0.857. The van der Waals surface area contributed by atoms with Crippen LogP contribution in [0.15, 0.2) is 4.52 Å². The number of hydrogen-bond acceptors (Lipinski definition) is 6. The van der Waals surface area contributed by atoms with Crippen LogP contribution >= 0.6 is 0 Å². The molecule has 1 N–H and O–H groups in total. The van der Waals surface area contributed by atoms with Crippen LogP contribution in [0.5, 0.6) is 0 Å². The van der Waals surface area contributed by atoms with E-state index in [4.69, 9.17) is 4.52 Å². The fourth-order valence-electron chi connectivity index (χ4n) is 4.36. The summed E-state index contributed by atoms with van der Waals surface area (Å²) in [5.74, 6) is 1.78. The molecule has 3 heterocycles. The van der Waals surface area contributed by atoms with E-state index >= 15 is 0 Å². The highest BCUT2D eigenvalue weighted by atomic mass is 16.5. The van der Waals surface area contributed by atoms with Crippen LogP contribution in [-0.4, -0.2) is 71.2 Å². The number of nitrogens with zero attached hydrogens (tertiary/aromatic N) is 4. The quantitative estimate of drug-likeness (QED) is 0.734. The van der Waals surface area contributed by atoms with E-state index in [0.29, 0.717) is 18.7 Å². The van der Waals surface area contributed by atoms with E-state index in [1.807, 2.05) is 13.8 Å². The molecule has 0 aliphatic carbocycles. The molecule has 2 aliphatic rings. The van der Waals surface area contributed by atoms with E-state index in [1.54, 1.807) is 0 Å². The maximum atomic E-state index is 12.5. The van der Waals surface area contributed by atoms with Gasteiger partial charge in [-0.1, -0.05) is 25.4 Å². The van der Waals surface area contributed by atoms with Crippen molar-refractivity contribution in [3.63, 3.8) is 0 Å². The first-order valence-corrected chi connectivity index (χ1v) is 11.0. The van der Waals surface area contributed by atoms with Crippen LogP contribution in [0.4, 0.5) is 0 Å². The summed E-state index contributed by atoms with van der Waals surface area (Å²) in [5, 5.41) is 7.23. The van der Waals surface area contributed by atoms with Gasteiger partial charge in [-0.2, -0.15) is 4.98 Å². The second kappa shape index (κ2) is 9.83. The zero-order valence-corrected chi connectivity index (χ0v) is 17.9. The molecule has 7 nitrogen and oxygen atoms in total. The molecule has 0 unspecified atom stereocenters. The van der Waals surface area contributed by atoms with Gasteiger partial charge in [-0.3, -0.25) is 9.69 Å². The summed E-state index contributed by atoms with van der Waals surface area (Å²) in [5.41, 5.74) is 0.140. The number of rotatable bonds is 8. The van der Waals surface area contributed by atoms with Crippen molar-refractivity contribution in [2.75, 3.05) is 39.8 Å². The van der Waals surface area contributed by atoms with Crippen LogP contribution in [0.3, 0.4) is 0 Å². The molecule has 28 heavy (non-hydrogen) atoms. The Kier molecular flexibility index (Phi) is 7.46. The van der Waals surface area contributed by atoms with Crippen molar-refractivity contribution in [1.82, 2.24) is 25.3 Å². The van der Waals surface area contributed by atoms with Gasteiger partial charge in [0.05, 0.1) is 0 Å². The molecule has 0 bridgehead atoms. The van der Waals surface area contributed by atoms with Gasteiger partial charge >= 0.3 is 0 Å². The van der Waals surface area contributed by atoms with Gasteiger partial charge in [-0.25, -0.2) is 0 Å². The highest BCUT2D eigenvalue weighted by molar-refractivity contribution is 5.75. The average molecular weight is 392 g/mol. The topological polar surface area (TPSA) is 74.5 Å². The summed E-state index contributed by atoms with van der Waals surface area (Å²) in [6.45, 7) is 9.44. The van der Waals surface area contributed by atoms with Crippen LogP contribution < -0.4 is 5.32 Å². The summed E-state index contributed by atoms with van der Waals surface area (Å²) >= 11 is 0. The second-order valence-electron chi connectivity index (χ2n) is 8.91. The number of piperidine rings is 2. The largest absolute Gasteiger partial charge is 0.354 e. The van der Waals surface area contributed by atoms with Gasteiger partial charge < -0.3 is 14.7 Å². The van der Waals surface area contributed by atoms with Crippen molar-refractivity contribution in [2.45, 2.75) is 76.7 Å². The number of aryl methyl sites for hydroxylation is 1. The molecular formula is C21H37N5O2. The van der Waals surface area contributed by atoms with Gasteiger partial charge in [0.2, 0.25) is 11.8 Å². The Labute approximate surface area is 169 Å². The zero-order chi connectivity index (χ0) is 20.0. The minimum absolute atomic E-state index is 0.138. The first-order chi connectivity index (χ1) is 13.5. The third kappa shape index (κ3) is 5.54. The SMILES string of the molecule is CC(C)c1noc(CCCC(=O)NCC2(N3CCCCC3)CCN(C)CC2)n1. The van der Waals surface area contributed by atoms with E-state index in [1.165, 1.54) is 32.4 Å². The van der Waals surface area contributed by atoms with Gasteiger partial charge in [-0.05, 0) is 65.3 Å². The van der Waals surface area contributed by atoms with Crippen molar-refractivity contribution in [2.24, 2.45) is 0 Å². The number of carbonyl (C=O) groups is 1. The zero-order valence-electron chi connectivity index (χ0n) is 17.9. The molecule has 0 saturated carbocycles. The van der Waals surface area contributed by atoms with E-state index in [2.05, 4.69) is 32.3 Å². The van der Waals surface area contributed by atoms with Gasteiger partial charge in [-0.15, -0.1) is 0 Å². The first kappa shape index (κ1) is 21.2. The van der Waals surface area contributed by atoms with Crippen molar-refractivity contribution in [1.29, 1.82) is 0 Å². The summed E-state index contributed by atoms with van der Waals surface area (Å²) in [6.07, 6.45) is 8.11. The van der Waals surface area contributed by atoms with E-state index in [9.17, 15) is 4.79 Å². The van der Waals surface area contributed by atoms with Gasteiger partial charge in [0, 0.05) is 30.8 Å². The second-order valence-corrected chi connectivity index (χ2v) is 8.91. The van der Waals surface area contributed by atoms with Crippen LogP contribution in [0.2, 0.25) is 0 Å². The lowest BCUT2D eigenvalue weighted by Crippen LogP contribution is -2.61. The third-order valence-electron chi connectivity index (χ3n) is 6.35. The highest BCUT2D eigenvalue weighted by Crippen LogP contribution is 2.30. The third-order valence-corrected chi connectivity index (χ3v) is 6.35. The molecule has 2 fully saturated rings. The molecular weight excluding hydrogens is 354 g/mol. The molecule has 7 heteroatoms. The maximum absolute atomic E-state index is 12.5. The maximum Gasteiger partial charge on any atom is 0.226 e. The number of aromatic nitrogens is 2. The smallest absolute Gasteiger partial charge is 0.226 e. The van der Waals surface area contributed by atoms with Crippen LogP contribution in [0, 0.1) is 0 Å². The lowest BCUT2D eigenvalue weighted by atomic mass is 9.84. The van der Waals surface area contributed by atoms with Gasteiger partial charge in [0.1, 0.15) is 0 Å². The van der Waals surface area contributed by atoms with Crippen molar-refractivity contribution < 1.29 is 9.32 Å². The Morgan fingerprint density at radius 2 is 1.89 bits per heavy atom. The van der Waals surface area contributed by atoms with Crippen molar-refractivity contribution in [3.8, 4) is 0 Å². The molecule has 158 valence electrons. The summed E-state index contributed by atoms with van der Waals surface area (Å²) in [6, 6.07) is 0. The normalized spacial score (nSPS) is 21.1. The monoisotopic (exact) mass is 391 g/mol. The van der Waals surface area contributed by atoms with Crippen molar-refractivity contribution in [3.05, 3.63) is 11.7 Å². The number of likely N-dealkylation sites (tertiary alicyclic amines) is 2. The summed E-state index contributed by atoms with van der Waals surface area (Å²) in [7, 11) is 2.20. The predicted octanol–water partition coefficient (Wildman–Crippen LogP) is 2.58. The number of nitrogens with one attached hydrogen (secondary N) is 1. The van der Waals surface area contributed by atoms with E-state index < -0.39 is 0 Å². The average Bonchev–Trinajstić information content (AvgIpc) is 3.18.